The second kappa shape index (κ2) is 19.0. The normalized spacial score (nSPS) is 17.5. The van der Waals surface area contributed by atoms with Crippen molar-refractivity contribution in [3.63, 3.8) is 0 Å². The van der Waals surface area contributed by atoms with Crippen LogP contribution in [0, 0.1) is 22.7 Å². The first-order chi connectivity index (χ1) is 19.6. The zero-order valence-electron chi connectivity index (χ0n) is 25.9. The highest BCUT2D eigenvalue weighted by atomic mass is 16.3. The Bertz CT molecular complexity index is 859. The summed E-state index contributed by atoms with van der Waals surface area (Å²) in [5, 5.41) is 66.5. The fourth-order valence-electron chi connectivity index (χ4n) is 4.92. The van der Waals surface area contributed by atoms with Crippen molar-refractivity contribution in [2.75, 3.05) is 39.5 Å². The van der Waals surface area contributed by atoms with Gasteiger partial charge in [0.05, 0.1) is 49.6 Å². The lowest BCUT2D eigenvalue weighted by Crippen LogP contribution is -2.59. The third kappa shape index (κ3) is 12.1. The summed E-state index contributed by atoms with van der Waals surface area (Å²) >= 11 is 0. The van der Waals surface area contributed by atoms with Gasteiger partial charge >= 0.3 is 6.03 Å². The van der Waals surface area contributed by atoms with E-state index in [1.807, 2.05) is 0 Å². The van der Waals surface area contributed by atoms with Crippen LogP contribution in [-0.2, 0) is 14.4 Å². The molecule has 42 heavy (non-hydrogen) atoms. The van der Waals surface area contributed by atoms with Crippen molar-refractivity contribution in [1.29, 1.82) is 0 Å². The van der Waals surface area contributed by atoms with Gasteiger partial charge in [-0.25, -0.2) is 4.79 Å². The average Bonchev–Trinajstić information content (AvgIpc) is 2.97. The van der Waals surface area contributed by atoms with Gasteiger partial charge in [0, 0.05) is 31.5 Å². The van der Waals surface area contributed by atoms with Crippen molar-refractivity contribution in [3.8, 4) is 0 Å². The first-order valence-electron chi connectivity index (χ1n) is 14.6. The maximum atomic E-state index is 14.3. The molecule has 0 fully saturated rings. The van der Waals surface area contributed by atoms with Crippen molar-refractivity contribution in [2.24, 2.45) is 22.7 Å². The molecule has 0 aliphatic rings. The number of aliphatic hydroxyl groups is 6. The van der Waals surface area contributed by atoms with Crippen molar-refractivity contribution >= 4 is 23.6 Å². The molecule has 14 nitrogen and oxygen atoms in total. The molecule has 4 amide bonds. The number of hydrogen-bond acceptors (Lipinski definition) is 10. The topological polar surface area (TPSA) is 238 Å². The Balaban J connectivity index is 6.35. The summed E-state index contributed by atoms with van der Waals surface area (Å²) < 4.78 is 0. The summed E-state index contributed by atoms with van der Waals surface area (Å²) in [6.45, 7) is 8.00. The van der Waals surface area contributed by atoms with Crippen LogP contribution in [0.1, 0.15) is 67.2 Å². The van der Waals surface area contributed by atoms with Gasteiger partial charge in [0.25, 0.3) is 0 Å². The molecular formula is C28H54N4O10. The molecule has 246 valence electrons. The molecule has 7 atom stereocenters. The van der Waals surface area contributed by atoms with Gasteiger partial charge in [-0.2, -0.15) is 0 Å². The van der Waals surface area contributed by atoms with Crippen molar-refractivity contribution in [3.05, 3.63) is 0 Å². The van der Waals surface area contributed by atoms with E-state index in [-0.39, 0.29) is 38.9 Å². The second-order valence-electron chi connectivity index (χ2n) is 11.7. The summed E-state index contributed by atoms with van der Waals surface area (Å²) in [4.78, 5) is 53.4. The average molecular weight is 607 g/mol. The van der Waals surface area contributed by atoms with Crippen LogP contribution in [0.4, 0.5) is 4.79 Å². The minimum Gasteiger partial charge on any atom is -0.394 e. The summed E-state index contributed by atoms with van der Waals surface area (Å²) in [5.41, 5.74) is -2.29. The quantitative estimate of drug-likeness (QED) is 0.0718. The predicted octanol–water partition coefficient (Wildman–Crippen LogP) is -1.60. The van der Waals surface area contributed by atoms with Gasteiger partial charge in [0.15, 0.2) is 5.78 Å². The van der Waals surface area contributed by atoms with E-state index in [4.69, 9.17) is 15.3 Å². The zero-order valence-corrected chi connectivity index (χ0v) is 25.9. The Hall–Kier alpha value is -2.36. The number of nitrogens with one attached hydrogen (secondary N) is 4. The molecule has 0 aromatic carbocycles. The first-order valence-corrected chi connectivity index (χ1v) is 14.6. The number of carbonyl (C=O) groups is 4. The standard InChI is InChI=1S/C28H54N4O10/c1-7-17(24(40)29-11-18(36)14-33)10-27(4,5)23(32-26(42)31-13-20(38)16-35)22(39)21(8-2)28(6,9-3)25(41)30-12-19(37)15-34/h17-21,23,33-38H,7-16H2,1-6H3,(H,29,40)(H,30,41)(H2,31,32,42). The van der Waals surface area contributed by atoms with E-state index in [1.165, 1.54) is 0 Å². The van der Waals surface area contributed by atoms with E-state index in [1.54, 1.807) is 41.5 Å². The van der Waals surface area contributed by atoms with Crippen molar-refractivity contribution < 1.29 is 49.8 Å². The van der Waals surface area contributed by atoms with Gasteiger partial charge in [-0.05, 0) is 31.1 Å². The predicted molar refractivity (Wildman–Crippen MR) is 155 cm³/mol. The lowest BCUT2D eigenvalue weighted by Gasteiger charge is -2.41. The smallest absolute Gasteiger partial charge is 0.315 e. The fraction of sp³-hybridized carbons (Fsp3) is 0.857. The number of Topliss-reactive ketones (excluding diaryl/α,β-unsaturated/α-hetero) is 1. The van der Waals surface area contributed by atoms with E-state index in [2.05, 4.69) is 21.3 Å². The second-order valence-corrected chi connectivity index (χ2v) is 11.7. The van der Waals surface area contributed by atoms with Gasteiger partial charge in [0.1, 0.15) is 0 Å². The van der Waals surface area contributed by atoms with E-state index < -0.39 is 90.5 Å². The Morgan fingerprint density at radius 1 is 0.714 bits per heavy atom. The number of rotatable bonds is 21. The summed E-state index contributed by atoms with van der Waals surface area (Å²) in [5.74, 6) is -2.86. The molecule has 0 aromatic rings. The van der Waals surface area contributed by atoms with Crippen LogP contribution in [-0.4, -0.2) is 118 Å². The SMILES string of the molecule is CCC(CC(C)(C)C(NC(=O)NCC(O)CO)C(=O)C(CC)C(C)(CC)C(=O)NCC(O)CO)C(=O)NCC(O)CO. The number of aliphatic hydroxyl groups excluding tert-OH is 6. The molecule has 0 aliphatic heterocycles. The number of amides is 4. The van der Waals surface area contributed by atoms with Gasteiger partial charge < -0.3 is 51.9 Å². The largest absolute Gasteiger partial charge is 0.394 e. The minimum atomic E-state index is -1.25. The maximum Gasteiger partial charge on any atom is 0.315 e. The molecule has 10 N–H and O–H groups in total. The molecule has 14 heteroatoms. The molecule has 0 saturated carbocycles. The zero-order chi connectivity index (χ0) is 32.7. The van der Waals surface area contributed by atoms with Crippen molar-refractivity contribution in [2.45, 2.75) is 91.6 Å². The third-order valence-corrected chi connectivity index (χ3v) is 7.89. The minimum absolute atomic E-state index is 0.134. The van der Waals surface area contributed by atoms with E-state index >= 15 is 0 Å². The van der Waals surface area contributed by atoms with Crippen molar-refractivity contribution in [1.82, 2.24) is 21.3 Å². The number of ketones is 1. The Morgan fingerprint density at radius 3 is 1.62 bits per heavy atom. The van der Waals surface area contributed by atoms with Crippen LogP contribution < -0.4 is 21.3 Å². The van der Waals surface area contributed by atoms with Crippen LogP contribution in [0.5, 0.6) is 0 Å². The molecule has 0 aliphatic carbocycles. The third-order valence-electron chi connectivity index (χ3n) is 7.89. The van der Waals surface area contributed by atoms with Gasteiger partial charge in [-0.15, -0.1) is 0 Å². The number of carbonyl (C=O) groups excluding carboxylic acids is 4. The van der Waals surface area contributed by atoms with Crippen LogP contribution in [0.25, 0.3) is 0 Å². The Morgan fingerprint density at radius 2 is 1.19 bits per heavy atom. The highest BCUT2D eigenvalue weighted by molar-refractivity contribution is 5.96. The molecule has 0 spiro atoms. The van der Waals surface area contributed by atoms with Crippen LogP contribution >= 0.6 is 0 Å². The van der Waals surface area contributed by atoms with Crippen LogP contribution in [0.2, 0.25) is 0 Å². The monoisotopic (exact) mass is 606 g/mol. The van der Waals surface area contributed by atoms with Crippen LogP contribution in [0.3, 0.4) is 0 Å². The summed E-state index contributed by atoms with van der Waals surface area (Å²) in [6, 6.07) is -1.98. The Kier molecular flexibility index (Phi) is 18.0. The molecule has 0 bridgehead atoms. The van der Waals surface area contributed by atoms with Gasteiger partial charge in [-0.1, -0.05) is 41.5 Å². The molecule has 0 rings (SSSR count). The number of urea groups is 1. The lowest BCUT2D eigenvalue weighted by atomic mass is 9.65. The van der Waals surface area contributed by atoms with E-state index in [9.17, 15) is 34.5 Å². The maximum absolute atomic E-state index is 14.3. The number of hydrogen-bond donors (Lipinski definition) is 10. The van der Waals surface area contributed by atoms with Gasteiger partial charge in [-0.3, -0.25) is 14.4 Å². The molecule has 0 heterocycles. The molecule has 7 unspecified atom stereocenters. The molecular weight excluding hydrogens is 552 g/mol. The first kappa shape index (κ1) is 39.6. The van der Waals surface area contributed by atoms with E-state index in [0.29, 0.717) is 6.42 Å². The van der Waals surface area contributed by atoms with E-state index in [0.717, 1.165) is 0 Å². The lowest BCUT2D eigenvalue weighted by molar-refractivity contribution is -0.143. The molecule has 0 saturated heterocycles. The molecule has 0 radical (unpaired) electrons. The van der Waals surface area contributed by atoms with Crippen LogP contribution in [0.15, 0.2) is 0 Å². The Labute approximate surface area is 248 Å². The van der Waals surface area contributed by atoms with Gasteiger partial charge in [0.2, 0.25) is 11.8 Å². The summed E-state index contributed by atoms with van der Waals surface area (Å²) in [7, 11) is 0. The fourth-order valence-corrected chi connectivity index (χ4v) is 4.92. The summed E-state index contributed by atoms with van der Waals surface area (Å²) in [6.07, 6.45) is -2.54. The highest BCUT2D eigenvalue weighted by Crippen LogP contribution is 2.40. The molecule has 0 aromatic heterocycles. The highest BCUT2D eigenvalue weighted by Gasteiger charge is 2.48.